The van der Waals surface area contributed by atoms with Crippen LogP contribution in [-0.4, -0.2) is 33.4 Å². The number of benzene rings is 1. The van der Waals surface area contributed by atoms with Gasteiger partial charge in [-0.05, 0) is 25.0 Å². The van der Waals surface area contributed by atoms with Crippen molar-refractivity contribution in [1.29, 1.82) is 0 Å². The monoisotopic (exact) mass is 305 g/mol. The summed E-state index contributed by atoms with van der Waals surface area (Å²) in [5.74, 6) is -0.724. The zero-order valence-corrected chi connectivity index (χ0v) is 12.3. The Hall–Kier alpha value is -2.24. The number of aromatic nitrogens is 2. The molecule has 22 heavy (non-hydrogen) atoms. The number of imidazole rings is 1. The van der Waals surface area contributed by atoms with E-state index in [1.165, 1.54) is 0 Å². The molecule has 1 saturated heterocycles. The van der Waals surface area contributed by atoms with Gasteiger partial charge in [-0.15, -0.1) is 0 Å². The molecule has 6 heteroatoms. The number of nitrogens with zero attached hydrogens (tertiary/aromatic N) is 3. The van der Waals surface area contributed by atoms with E-state index in [2.05, 4.69) is 4.98 Å². The van der Waals surface area contributed by atoms with Gasteiger partial charge in [0.15, 0.2) is 0 Å². The van der Waals surface area contributed by atoms with E-state index in [1.807, 2.05) is 17.8 Å². The van der Waals surface area contributed by atoms with Gasteiger partial charge in [0, 0.05) is 50.1 Å². The number of aryl methyl sites for hydroxylation is 1. The third-order valence-corrected chi connectivity index (χ3v) is 4.04. The van der Waals surface area contributed by atoms with Crippen LogP contribution in [0, 0.1) is 11.6 Å². The second-order valence-electron chi connectivity index (χ2n) is 5.64. The van der Waals surface area contributed by atoms with Crippen LogP contribution < -0.4 is 0 Å². The fourth-order valence-corrected chi connectivity index (χ4v) is 3.00. The molecule has 1 amide bonds. The summed E-state index contributed by atoms with van der Waals surface area (Å²) < 4.78 is 28.5. The minimum absolute atomic E-state index is 0.0537. The number of piperidine rings is 1. The Morgan fingerprint density at radius 1 is 1.27 bits per heavy atom. The van der Waals surface area contributed by atoms with Crippen LogP contribution in [0.25, 0.3) is 0 Å². The molecule has 0 spiro atoms. The predicted octanol–water partition coefficient (Wildman–Crippen LogP) is 2.72. The third-order valence-electron chi connectivity index (χ3n) is 4.04. The Labute approximate surface area is 127 Å². The number of carbonyl (C=O) groups excluding carboxylic acids is 1. The Balaban J connectivity index is 1.79. The van der Waals surface area contributed by atoms with Crippen molar-refractivity contribution in [2.75, 3.05) is 13.1 Å². The van der Waals surface area contributed by atoms with Gasteiger partial charge >= 0.3 is 0 Å². The molecule has 1 aliphatic rings. The molecule has 3 rings (SSSR count). The van der Waals surface area contributed by atoms with E-state index < -0.39 is 11.6 Å². The third kappa shape index (κ3) is 2.86. The van der Waals surface area contributed by atoms with Crippen molar-refractivity contribution in [3.63, 3.8) is 0 Å². The molecule has 1 fully saturated rings. The lowest BCUT2D eigenvalue weighted by Crippen LogP contribution is -2.39. The second kappa shape index (κ2) is 5.87. The lowest BCUT2D eigenvalue weighted by atomic mass is 9.96. The van der Waals surface area contributed by atoms with E-state index in [-0.39, 0.29) is 17.4 Å². The van der Waals surface area contributed by atoms with Crippen molar-refractivity contribution < 1.29 is 13.6 Å². The van der Waals surface area contributed by atoms with Gasteiger partial charge in [0.25, 0.3) is 5.91 Å². The number of carbonyl (C=O) groups is 1. The molecule has 0 saturated carbocycles. The fourth-order valence-electron chi connectivity index (χ4n) is 3.00. The summed E-state index contributed by atoms with van der Waals surface area (Å²) in [6, 6.07) is 2.93. The van der Waals surface area contributed by atoms with E-state index in [9.17, 15) is 13.6 Å². The summed E-state index contributed by atoms with van der Waals surface area (Å²) in [5.41, 5.74) is 0.0537. The highest BCUT2D eigenvalue weighted by atomic mass is 19.1. The highest BCUT2D eigenvalue weighted by molar-refractivity contribution is 5.94. The number of halogens is 2. The molecule has 0 aliphatic carbocycles. The first kappa shape index (κ1) is 14.7. The molecule has 1 aromatic heterocycles. The summed E-state index contributed by atoms with van der Waals surface area (Å²) in [6.07, 6.45) is 5.41. The molecular weight excluding hydrogens is 288 g/mol. The average molecular weight is 305 g/mol. The topological polar surface area (TPSA) is 38.1 Å². The second-order valence-corrected chi connectivity index (χ2v) is 5.64. The first-order valence-corrected chi connectivity index (χ1v) is 7.27. The first-order valence-electron chi connectivity index (χ1n) is 7.27. The maximum Gasteiger partial charge on any atom is 0.254 e. The Bertz CT molecular complexity index is 678. The van der Waals surface area contributed by atoms with Gasteiger partial charge in [0.2, 0.25) is 0 Å². The van der Waals surface area contributed by atoms with E-state index in [1.54, 1.807) is 11.1 Å². The molecule has 0 radical (unpaired) electrons. The van der Waals surface area contributed by atoms with Gasteiger partial charge in [0.05, 0.1) is 0 Å². The summed E-state index contributed by atoms with van der Waals surface area (Å²) in [4.78, 5) is 18.5. The normalized spacial score (nSPS) is 18.5. The smallest absolute Gasteiger partial charge is 0.254 e. The minimum atomic E-state index is -0.735. The lowest BCUT2D eigenvalue weighted by molar-refractivity contribution is 0.0702. The molecule has 1 aliphatic heterocycles. The van der Waals surface area contributed by atoms with Gasteiger partial charge in [-0.2, -0.15) is 0 Å². The zero-order valence-electron chi connectivity index (χ0n) is 12.3. The van der Waals surface area contributed by atoms with Crippen LogP contribution in [0.1, 0.15) is 34.9 Å². The van der Waals surface area contributed by atoms with Crippen LogP contribution in [-0.2, 0) is 7.05 Å². The largest absolute Gasteiger partial charge is 0.338 e. The van der Waals surface area contributed by atoms with E-state index >= 15 is 0 Å². The summed E-state index contributed by atoms with van der Waals surface area (Å²) in [5, 5.41) is 0. The average Bonchev–Trinajstić information content (AvgIpc) is 2.92. The molecule has 0 bridgehead atoms. The maximum atomic E-state index is 13.3. The van der Waals surface area contributed by atoms with E-state index in [0.717, 1.165) is 36.9 Å². The van der Waals surface area contributed by atoms with Gasteiger partial charge in [-0.3, -0.25) is 4.79 Å². The van der Waals surface area contributed by atoms with E-state index in [0.29, 0.717) is 13.1 Å². The van der Waals surface area contributed by atoms with Crippen LogP contribution >= 0.6 is 0 Å². The molecule has 4 nitrogen and oxygen atoms in total. The fraction of sp³-hybridized carbons (Fsp3) is 0.375. The molecule has 1 aromatic carbocycles. The van der Waals surface area contributed by atoms with Crippen molar-refractivity contribution in [3.8, 4) is 0 Å². The number of hydrogen-bond donors (Lipinski definition) is 0. The quantitative estimate of drug-likeness (QED) is 0.855. The Morgan fingerprint density at radius 3 is 2.64 bits per heavy atom. The van der Waals surface area contributed by atoms with Crippen molar-refractivity contribution in [3.05, 3.63) is 53.6 Å². The Kier molecular flexibility index (Phi) is 3.92. The van der Waals surface area contributed by atoms with Crippen molar-refractivity contribution in [2.45, 2.75) is 18.8 Å². The summed E-state index contributed by atoms with van der Waals surface area (Å²) in [7, 11) is 1.92. The zero-order chi connectivity index (χ0) is 15.7. The standard InChI is InChI=1S/C16H17F2N3O/c1-20-6-4-19-15(20)11-3-2-5-21(10-11)16(22)12-7-13(17)9-14(18)8-12/h4,6-9,11H,2-3,5,10H2,1H3/t11-/m1/s1. The van der Waals surface area contributed by atoms with Crippen LogP contribution in [0.15, 0.2) is 30.6 Å². The van der Waals surface area contributed by atoms with Gasteiger partial charge in [-0.25, -0.2) is 13.8 Å². The molecule has 0 unspecified atom stereocenters. The van der Waals surface area contributed by atoms with Crippen LogP contribution in [0.4, 0.5) is 8.78 Å². The minimum Gasteiger partial charge on any atom is -0.338 e. The van der Waals surface area contributed by atoms with Gasteiger partial charge < -0.3 is 9.47 Å². The Morgan fingerprint density at radius 2 is 2.00 bits per heavy atom. The van der Waals surface area contributed by atoms with Crippen LogP contribution in [0.2, 0.25) is 0 Å². The van der Waals surface area contributed by atoms with Gasteiger partial charge in [0.1, 0.15) is 17.5 Å². The lowest BCUT2D eigenvalue weighted by Gasteiger charge is -2.32. The van der Waals surface area contributed by atoms with Crippen LogP contribution in [0.3, 0.4) is 0 Å². The molecular formula is C16H17F2N3O. The molecule has 1 atom stereocenters. The highest BCUT2D eigenvalue weighted by Gasteiger charge is 2.27. The highest BCUT2D eigenvalue weighted by Crippen LogP contribution is 2.26. The molecule has 2 aromatic rings. The van der Waals surface area contributed by atoms with Gasteiger partial charge in [-0.1, -0.05) is 0 Å². The van der Waals surface area contributed by atoms with Crippen molar-refractivity contribution in [1.82, 2.24) is 14.5 Å². The van der Waals surface area contributed by atoms with Crippen LogP contribution in [0.5, 0.6) is 0 Å². The molecule has 2 heterocycles. The predicted molar refractivity (Wildman–Crippen MR) is 77.4 cm³/mol. The summed E-state index contributed by atoms with van der Waals surface area (Å²) >= 11 is 0. The molecule has 116 valence electrons. The number of rotatable bonds is 2. The molecule has 0 N–H and O–H groups in total. The number of likely N-dealkylation sites (tertiary alicyclic amines) is 1. The first-order chi connectivity index (χ1) is 10.5. The SMILES string of the molecule is Cn1ccnc1[C@@H]1CCCN(C(=O)c2cc(F)cc(F)c2)C1. The number of amides is 1. The van der Waals surface area contributed by atoms with Crippen molar-refractivity contribution in [2.24, 2.45) is 7.05 Å². The maximum absolute atomic E-state index is 13.3. The van der Waals surface area contributed by atoms with E-state index in [4.69, 9.17) is 0 Å². The van der Waals surface area contributed by atoms with Crippen molar-refractivity contribution >= 4 is 5.91 Å². The summed E-state index contributed by atoms with van der Waals surface area (Å²) in [6.45, 7) is 1.11. The number of hydrogen-bond acceptors (Lipinski definition) is 2.